The molecule has 0 saturated heterocycles. The molecule has 0 unspecified atom stereocenters. The van der Waals surface area contributed by atoms with Gasteiger partial charge in [0, 0.05) is 18.8 Å². The van der Waals surface area contributed by atoms with Crippen LogP contribution in [0, 0.1) is 17.2 Å². The molecule has 1 saturated carbocycles. The number of carbonyl (C=O) groups is 2. The molecule has 4 nitrogen and oxygen atoms in total. The molecule has 0 spiro atoms. The van der Waals surface area contributed by atoms with Gasteiger partial charge in [-0.1, -0.05) is 0 Å². The Labute approximate surface area is 100 Å². The second-order valence-corrected chi connectivity index (χ2v) is 4.94. The lowest BCUT2D eigenvalue weighted by atomic mass is 9.74. The average Bonchev–Trinajstić information content (AvgIpc) is 2.51. The number of Topliss-reactive ketones (excluding diaryl/α,β-unsaturated/α-hetero) is 1. The van der Waals surface area contributed by atoms with Crippen LogP contribution in [-0.4, -0.2) is 17.4 Å². The van der Waals surface area contributed by atoms with E-state index in [0.29, 0.717) is 18.4 Å². The number of hydrogen-bond acceptors (Lipinski definition) is 4. The third-order valence-electron chi connectivity index (χ3n) is 4.00. The summed E-state index contributed by atoms with van der Waals surface area (Å²) in [6, 6.07) is 1.89. The van der Waals surface area contributed by atoms with Gasteiger partial charge in [-0.15, -0.1) is 0 Å². The van der Waals surface area contributed by atoms with Crippen LogP contribution in [0.15, 0.2) is 11.1 Å². The molecule has 2 atom stereocenters. The molecule has 0 bridgehead atoms. The molecule has 17 heavy (non-hydrogen) atoms. The number of cyclic esters (lactones) is 1. The first-order chi connectivity index (χ1) is 7.99. The first-order valence-corrected chi connectivity index (χ1v) is 5.85. The lowest BCUT2D eigenvalue weighted by Gasteiger charge is -2.36. The van der Waals surface area contributed by atoms with Crippen LogP contribution in [0.2, 0.25) is 0 Å². The lowest BCUT2D eigenvalue weighted by Crippen LogP contribution is -2.39. The van der Waals surface area contributed by atoms with Gasteiger partial charge in [0.05, 0.1) is 0 Å². The summed E-state index contributed by atoms with van der Waals surface area (Å²) < 4.78 is 5.36. The van der Waals surface area contributed by atoms with Crippen LogP contribution in [0.1, 0.15) is 39.5 Å². The summed E-state index contributed by atoms with van der Waals surface area (Å²) >= 11 is 0. The van der Waals surface area contributed by atoms with Gasteiger partial charge in [-0.05, 0) is 32.3 Å². The molecule has 0 aromatic heterocycles. The maximum Gasteiger partial charge on any atom is 0.349 e. The number of hydrogen-bond donors (Lipinski definition) is 0. The summed E-state index contributed by atoms with van der Waals surface area (Å²) in [6.45, 7) is 3.57. The molecule has 1 heterocycles. The molecule has 2 aliphatic rings. The van der Waals surface area contributed by atoms with E-state index in [0.717, 1.165) is 12.8 Å². The highest BCUT2D eigenvalue weighted by Crippen LogP contribution is 2.43. The van der Waals surface area contributed by atoms with Crippen molar-refractivity contribution in [1.82, 2.24) is 0 Å². The minimum absolute atomic E-state index is 0.0125. The van der Waals surface area contributed by atoms with Crippen molar-refractivity contribution >= 4 is 11.8 Å². The van der Waals surface area contributed by atoms with Crippen LogP contribution in [-0.2, 0) is 14.3 Å². The number of carbonyl (C=O) groups excluding carboxylic acids is 2. The van der Waals surface area contributed by atoms with Crippen LogP contribution in [0.5, 0.6) is 0 Å². The third kappa shape index (κ3) is 1.76. The summed E-state index contributed by atoms with van der Waals surface area (Å²) in [7, 11) is 0. The molecular formula is C13H15NO3. The SMILES string of the molecule is CC1=C(C#N)C(=O)O[C@@]1(C)[C@@H]1CCCC(=O)C1. The number of nitriles is 1. The molecule has 0 N–H and O–H groups in total. The van der Waals surface area contributed by atoms with Gasteiger partial charge >= 0.3 is 5.97 Å². The van der Waals surface area contributed by atoms with E-state index in [1.54, 1.807) is 6.92 Å². The van der Waals surface area contributed by atoms with Crippen LogP contribution in [0.3, 0.4) is 0 Å². The second kappa shape index (κ2) is 3.99. The molecule has 4 heteroatoms. The molecular weight excluding hydrogens is 218 g/mol. The van der Waals surface area contributed by atoms with Crippen LogP contribution >= 0.6 is 0 Å². The summed E-state index contributed by atoms with van der Waals surface area (Å²) in [6.07, 6.45) is 2.77. The minimum atomic E-state index is -0.766. The van der Waals surface area contributed by atoms with Crippen molar-refractivity contribution in [1.29, 1.82) is 5.26 Å². The van der Waals surface area contributed by atoms with Crippen molar-refractivity contribution < 1.29 is 14.3 Å². The maximum absolute atomic E-state index is 11.6. The molecule has 0 aromatic rings. The summed E-state index contributed by atoms with van der Waals surface area (Å²) in [5, 5.41) is 8.91. The highest BCUT2D eigenvalue weighted by molar-refractivity contribution is 5.97. The van der Waals surface area contributed by atoms with Gasteiger partial charge in [0.2, 0.25) is 0 Å². The zero-order chi connectivity index (χ0) is 12.6. The van der Waals surface area contributed by atoms with Crippen LogP contribution in [0.4, 0.5) is 0 Å². The van der Waals surface area contributed by atoms with E-state index < -0.39 is 11.6 Å². The second-order valence-electron chi connectivity index (χ2n) is 4.94. The third-order valence-corrected chi connectivity index (χ3v) is 4.00. The Kier molecular flexibility index (Phi) is 2.78. The topological polar surface area (TPSA) is 67.2 Å². The Morgan fingerprint density at radius 2 is 2.18 bits per heavy atom. The summed E-state index contributed by atoms with van der Waals surface area (Å²) in [5.41, 5.74) is 0.00771. The zero-order valence-electron chi connectivity index (χ0n) is 10.1. The van der Waals surface area contributed by atoms with Gasteiger partial charge in [-0.2, -0.15) is 5.26 Å². The van der Waals surface area contributed by atoms with E-state index in [2.05, 4.69) is 0 Å². The molecule has 0 amide bonds. The van der Waals surface area contributed by atoms with E-state index in [9.17, 15) is 9.59 Å². The number of esters is 1. The maximum atomic E-state index is 11.6. The zero-order valence-corrected chi connectivity index (χ0v) is 10.1. The van der Waals surface area contributed by atoms with E-state index in [1.165, 1.54) is 0 Å². The van der Waals surface area contributed by atoms with Crippen molar-refractivity contribution in [3.63, 3.8) is 0 Å². The quantitative estimate of drug-likeness (QED) is 0.649. The Bertz CT molecular complexity index is 458. The van der Waals surface area contributed by atoms with Gasteiger partial charge in [0.15, 0.2) is 0 Å². The molecule has 2 rings (SSSR count). The normalized spacial score (nSPS) is 33.6. The van der Waals surface area contributed by atoms with E-state index in [-0.39, 0.29) is 17.3 Å². The Morgan fingerprint density at radius 3 is 2.71 bits per heavy atom. The highest BCUT2D eigenvalue weighted by Gasteiger charge is 2.48. The summed E-state index contributed by atoms with van der Waals surface area (Å²) in [5.74, 6) is -0.319. The molecule has 1 fully saturated rings. The first kappa shape index (κ1) is 11.8. The molecule has 0 aromatic carbocycles. The van der Waals surface area contributed by atoms with Gasteiger partial charge in [-0.25, -0.2) is 4.79 Å². The Balaban J connectivity index is 2.32. The van der Waals surface area contributed by atoms with Crippen molar-refractivity contribution in [3.8, 4) is 6.07 Å². The monoisotopic (exact) mass is 233 g/mol. The Hall–Kier alpha value is -1.63. The van der Waals surface area contributed by atoms with Crippen molar-refractivity contribution in [2.45, 2.75) is 45.1 Å². The average molecular weight is 233 g/mol. The van der Waals surface area contributed by atoms with Crippen LogP contribution in [0.25, 0.3) is 0 Å². The number of nitrogens with zero attached hydrogens (tertiary/aromatic N) is 1. The van der Waals surface area contributed by atoms with Crippen molar-refractivity contribution in [2.24, 2.45) is 5.92 Å². The standard InChI is InChI=1S/C13H15NO3/c1-8-11(7-14)12(16)17-13(8,2)9-4-3-5-10(15)6-9/h9H,3-6H2,1-2H3/t9-,13-/m1/s1. The fraction of sp³-hybridized carbons (Fsp3) is 0.615. The largest absolute Gasteiger partial charge is 0.450 e. The molecule has 90 valence electrons. The van der Waals surface area contributed by atoms with E-state index >= 15 is 0 Å². The molecule has 0 radical (unpaired) electrons. The fourth-order valence-corrected chi connectivity index (χ4v) is 2.74. The van der Waals surface area contributed by atoms with E-state index in [4.69, 9.17) is 10.00 Å². The van der Waals surface area contributed by atoms with Crippen molar-refractivity contribution in [3.05, 3.63) is 11.1 Å². The molecule has 1 aliphatic heterocycles. The Morgan fingerprint density at radius 1 is 1.47 bits per heavy atom. The van der Waals surface area contributed by atoms with Gasteiger partial charge < -0.3 is 4.74 Å². The number of ketones is 1. The number of ether oxygens (including phenoxy) is 1. The van der Waals surface area contributed by atoms with Gasteiger partial charge in [-0.3, -0.25) is 4.79 Å². The predicted octanol–water partition coefficient (Wildman–Crippen LogP) is 1.90. The van der Waals surface area contributed by atoms with Gasteiger partial charge in [0.1, 0.15) is 23.0 Å². The number of rotatable bonds is 1. The highest BCUT2D eigenvalue weighted by atomic mass is 16.6. The van der Waals surface area contributed by atoms with Crippen molar-refractivity contribution in [2.75, 3.05) is 0 Å². The molecule has 1 aliphatic carbocycles. The smallest absolute Gasteiger partial charge is 0.349 e. The fourth-order valence-electron chi connectivity index (χ4n) is 2.74. The minimum Gasteiger partial charge on any atom is -0.450 e. The lowest BCUT2D eigenvalue weighted by molar-refractivity contribution is -0.151. The summed E-state index contributed by atoms with van der Waals surface area (Å²) in [4.78, 5) is 23.1. The first-order valence-electron chi connectivity index (χ1n) is 5.85. The van der Waals surface area contributed by atoms with Gasteiger partial charge in [0.25, 0.3) is 0 Å². The van der Waals surface area contributed by atoms with E-state index in [1.807, 2.05) is 13.0 Å². The predicted molar refractivity (Wildman–Crippen MR) is 59.8 cm³/mol. The van der Waals surface area contributed by atoms with Crippen LogP contribution < -0.4 is 0 Å².